The molecule has 0 aliphatic rings. The van der Waals surface area contributed by atoms with Crippen LogP contribution in [0.15, 0.2) is 48.6 Å². The molecule has 0 spiro atoms. The minimum atomic E-state index is -0.859. The van der Waals surface area contributed by atoms with E-state index >= 15 is 0 Å². The van der Waals surface area contributed by atoms with Crippen LogP contribution in [0.5, 0.6) is 0 Å². The number of allylic oxidation sites excluding steroid dienone is 7. The first-order chi connectivity index (χ1) is 29.7. The Kier molecular flexibility index (Phi) is 50.3. The molecule has 352 valence electrons. The zero-order valence-electron chi connectivity index (χ0n) is 40.5. The van der Waals surface area contributed by atoms with Gasteiger partial charge in [-0.05, 0) is 64.2 Å². The van der Waals surface area contributed by atoms with Gasteiger partial charge in [-0.2, -0.15) is 0 Å². The van der Waals surface area contributed by atoms with E-state index in [4.69, 9.17) is 0 Å². The Morgan fingerprint density at radius 2 is 0.700 bits per heavy atom. The van der Waals surface area contributed by atoms with Crippen LogP contribution in [0.2, 0.25) is 0 Å². The molecule has 1 amide bonds. The summed E-state index contributed by atoms with van der Waals surface area (Å²) in [4.78, 5) is 12.4. The Hall–Kier alpha value is -1.65. The van der Waals surface area contributed by atoms with E-state index in [0.717, 1.165) is 38.5 Å². The maximum absolute atomic E-state index is 12.4. The van der Waals surface area contributed by atoms with Gasteiger partial charge < -0.3 is 15.5 Å². The van der Waals surface area contributed by atoms with Gasteiger partial charge in [0.05, 0.1) is 18.8 Å². The van der Waals surface area contributed by atoms with Crippen molar-refractivity contribution < 1.29 is 15.0 Å². The largest absolute Gasteiger partial charge is 0.394 e. The van der Waals surface area contributed by atoms with Crippen molar-refractivity contribution in [1.29, 1.82) is 0 Å². The zero-order valence-corrected chi connectivity index (χ0v) is 40.5. The number of carbonyl (C=O) groups excluding carboxylic acids is 1. The number of amides is 1. The molecule has 0 heterocycles. The highest BCUT2D eigenvalue weighted by Crippen LogP contribution is 2.16. The van der Waals surface area contributed by atoms with Crippen molar-refractivity contribution in [2.75, 3.05) is 6.61 Å². The van der Waals surface area contributed by atoms with E-state index in [9.17, 15) is 15.0 Å². The number of carbonyl (C=O) groups is 1. The number of aliphatic hydroxyl groups is 2. The van der Waals surface area contributed by atoms with Crippen molar-refractivity contribution >= 4 is 5.91 Å². The molecule has 0 saturated carbocycles. The first-order valence-corrected chi connectivity index (χ1v) is 26.9. The van der Waals surface area contributed by atoms with E-state index in [1.807, 2.05) is 6.08 Å². The molecule has 0 aliphatic carbocycles. The highest BCUT2D eigenvalue weighted by molar-refractivity contribution is 5.76. The second kappa shape index (κ2) is 51.7. The number of hydrogen-bond donors (Lipinski definition) is 3. The molecule has 2 atom stereocenters. The molecule has 0 bridgehead atoms. The van der Waals surface area contributed by atoms with Gasteiger partial charge in [-0.15, -0.1) is 0 Å². The molecule has 0 rings (SSSR count). The van der Waals surface area contributed by atoms with Gasteiger partial charge in [-0.1, -0.05) is 262 Å². The lowest BCUT2D eigenvalue weighted by molar-refractivity contribution is -0.123. The first kappa shape index (κ1) is 58.4. The lowest BCUT2D eigenvalue weighted by atomic mass is 10.0. The zero-order chi connectivity index (χ0) is 43.5. The molecular formula is C56H105NO3. The SMILES string of the molecule is CCCCC/C=C/CC/C=C/C(O)C(CO)NC(=O)CCCCCCCCCCCCCCCCCCC/C=C\C/C=C\CCCCCCCCCCCCCCCCC. The molecule has 0 radical (unpaired) electrons. The molecule has 4 heteroatoms. The molecule has 0 aromatic heterocycles. The van der Waals surface area contributed by atoms with Crippen LogP contribution < -0.4 is 5.32 Å². The summed E-state index contributed by atoms with van der Waals surface area (Å²) in [5.41, 5.74) is 0. The van der Waals surface area contributed by atoms with Crippen LogP contribution in [0.4, 0.5) is 0 Å². The monoisotopic (exact) mass is 840 g/mol. The average molecular weight is 840 g/mol. The van der Waals surface area contributed by atoms with Crippen LogP contribution in [0.1, 0.15) is 284 Å². The summed E-state index contributed by atoms with van der Waals surface area (Å²) in [6.07, 6.45) is 71.5. The summed E-state index contributed by atoms with van der Waals surface area (Å²) in [7, 11) is 0. The third-order valence-electron chi connectivity index (χ3n) is 12.3. The fourth-order valence-electron chi connectivity index (χ4n) is 8.17. The molecule has 2 unspecified atom stereocenters. The van der Waals surface area contributed by atoms with Crippen molar-refractivity contribution in [1.82, 2.24) is 5.32 Å². The van der Waals surface area contributed by atoms with Gasteiger partial charge in [0.1, 0.15) is 0 Å². The number of rotatable bonds is 49. The summed E-state index contributed by atoms with van der Waals surface area (Å²) in [6, 6.07) is -0.637. The van der Waals surface area contributed by atoms with E-state index < -0.39 is 12.1 Å². The van der Waals surface area contributed by atoms with E-state index in [1.165, 1.54) is 225 Å². The van der Waals surface area contributed by atoms with Gasteiger partial charge >= 0.3 is 0 Å². The quantitative estimate of drug-likeness (QED) is 0.0422. The second-order valence-electron chi connectivity index (χ2n) is 18.3. The smallest absolute Gasteiger partial charge is 0.220 e. The van der Waals surface area contributed by atoms with Crippen LogP contribution in [0.3, 0.4) is 0 Å². The van der Waals surface area contributed by atoms with E-state index in [1.54, 1.807) is 6.08 Å². The van der Waals surface area contributed by atoms with Crippen LogP contribution in [0.25, 0.3) is 0 Å². The molecular weight excluding hydrogens is 735 g/mol. The maximum Gasteiger partial charge on any atom is 0.220 e. The van der Waals surface area contributed by atoms with E-state index in [0.29, 0.717) is 6.42 Å². The number of unbranched alkanes of at least 4 members (excludes halogenated alkanes) is 36. The third kappa shape index (κ3) is 47.4. The molecule has 0 fully saturated rings. The van der Waals surface area contributed by atoms with Crippen LogP contribution in [-0.2, 0) is 4.79 Å². The Bertz CT molecular complexity index is 954. The van der Waals surface area contributed by atoms with Gasteiger partial charge in [-0.25, -0.2) is 0 Å². The van der Waals surface area contributed by atoms with Crippen LogP contribution in [-0.4, -0.2) is 34.9 Å². The molecule has 60 heavy (non-hydrogen) atoms. The molecule has 4 nitrogen and oxygen atoms in total. The molecule has 0 saturated heterocycles. The standard InChI is InChI=1S/C56H105NO3/c1-3-5-7-9-11-13-14-15-16-17-18-19-20-21-22-23-24-25-26-27-28-29-30-31-32-33-34-35-36-37-38-39-40-41-42-44-46-48-50-52-56(60)57-54(53-58)55(59)51-49-47-45-43-12-10-8-6-4-2/h12,24-25,27-28,43,49,51,54-55,58-59H,3-11,13-23,26,29-42,44-48,50,52-53H2,1-2H3,(H,57,60)/b25-24-,28-27-,43-12+,51-49+. The third-order valence-corrected chi connectivity index (χ3v) is 12.3. The predicted molar refractivity (Wildman–Crippen MR) is 267 cm³/mol. The molecule has 0 aromatic carbocycles. The number of aliphatic hydroxyl groups excluding tert-OH is 2. The number of nitrogens with one attached hydrogen (secondary N) is 1. The van der Waals surface area contributed by atoms with Crippen molar-refractivity contribution in [2.45, 2.75) is 296 Å². The van der Waals surface area contributed by atoms with Gasteiger partial charge in [0, 0.05) is 6.42 Å². The van der Waals surface area contributed by atoms with Crippen molar-refractivity contribution in [3.05, 3.63) is 48.6 Å². The summed E-state index contributed by atoms with van der Waals surface area (Å²) >= 11 is 0. The van der Waals surface area contributed by atoms with Gasteiger partial charge in [0.15, 0.2) is 0 Å². The minimum absolute atomic E-state index is 0.0751. The lowest BCUT2D eigenvalue weighted by Crippen LogP contribution is -2.45. The van der Waals surface area contributed by atoms with Crippen LogP contribution >= 0.6 is 0 Å². The summed E-state index contributed by atoms with van der Waals surface area (Å²) in [5.74, 6) is -0.0751. The Labute approximate surface area is 375 Å². The minimum Gasteiger partial charge on any atom is -0.394 e. The predicted octanol–water partition coefficient (Wildman–Crippen LogP) is 17.5. The summed E-state index contributed by atoms with van der Waals surface area (Å²) in [6.45, 7) is 4.26. The van der Waals surface area contributed by atoms with Crippen LogP contribution in [0, 0.1) is 0 Å². The van der Waals surface area contributed by atoms with Crippen molar-refractivity contribution in [3.63, 3.8) is 0 Å². The summed E-state index contributed by atoms with van der Waals surface area (Å²) in [5, 5.41) is 22.9. The molecule has 0 aromatic rings. The maximum atomic E-state index is 12.4. The average Bonchev–Trinajstić information content (AvgIpc) is 3.25. The summed E-state index contributed by atoms with van der Waals surface area (Å²) < 4.78 is 0. The van der Waals surface area contributed by atoms with Crippen molar-refractivity contribution in [3.8, 4) is 0 Å². The number of hydrogen-bond acceptors (Lipinski definition) is 3. The van der Waals surface area contributed by atoms with Crippen molar-refractivity contribution in [2.24, 2.45) is 0 Å². The topological polar surface area (TPSA) is 69.6 Å². The van der Waals surface area contributed by atoms with E-state index in [2.05, 4.69) is 55.6 Å². The highest BCUT2D eigenvalue weighted by Gasteiger charge is 2.17. The van der Waals surface area contributed by atoms with Gasteiger partial charge in [-0.3, -0.25) is 4.79 Å². The lowest BCUT2D eigenvalue weighted by Gasteiger charge is -2.19. The fraction of sp³-hybridized carbons (Fsp3) is 0.839. The highest BCUT2D eigenvalue weighted by atomic mass is 16.3. The van der Waals surface area contributed by atoms with Gasteiger partial charge in [0.25, 0.3) is 0 Å². The normalized spacial score (nSPS) is 13.2. The van der Waals surface area contributed by atoms with E-state index in [-0.39, 0.29) is 12.5 Å². The Morgan fingerprint density at radius 1 is 0.400 bits per heavy atom. The Morgan fingerprint density at radius 3 is 1.10 bits per heavy atom. The fourth-order valence-corrected chi connectivity index (χ4v) is 8.17. The molecule has 0 aliphatic heterocycles. The van der Waals surface area contributed by atoms with Gasteiger partial charge in [0.2, 0.25) is 5.91 Å². The second-order valence-corrected chi connectivity index (χ2v) is 18.3. The first-order valence-electron chi connectivity index (χ1n) is 26.9. The molecule has 3 N–H and O–H groups in total. The Balaban J connectivity index is 3.39.